The lowest BCUT2D eigenvalue weighted by Crippen LogP contribution is -2.48. The summed E-state index contributed by atoms with van der Waals surface area (Å²) in [6.45, 7) is 8.75. The van der Waals surface area contributed by atoms with Crippen LogP contribution in [-0.2, 0) is 4.79 Å². The summed E-state index contributed by atoms with van der Waals surface area (Å²) in [5.41, 5.74) is 2.11. The summed E-state index contributed by atoms with van der Waals surface area (Å²) in [5, 5.41) is 9.43. The number of hydrogen-bond acceptors (Lipinski definition) is 3. The highest BCUT2D eigenvalue weighted by Gasteiger charge is 2.31. The van der Waals surface area contributed by atoms with Gasteiger partial charge < -0.3 is 14.7 Å². The smallest absolute Gasteiger partial charge is 0.326 e. The first-order valence-corrected chi connectivity index (χ1v) is 7.24. The minimum Gasteiger partial charge on any atom is -0.487 e. The zero-order valence-corrected chi connectivity index (χ0v) is 12.6. The minimum atomic E-state index is -0.775. The molecule has 0 radical (unpaired) electrons. The van der Waals surface area contributed by atoms with E-state index in [1.807, 2.05) is 24.8 Å². The number of aliphatic carboxylic acids is 1. The molecule has 2 atom stereocenters. The van der Waals surface area contributed by atoms with Gasteiger partial charge in [-0.3, -0.25) is 0 Å². The second-order valence-electron chi connectivity index (χ2n) is 5.72. The molecule has 0 fully saturated rings. The Balaban J connectivity index is 2.45. The molecule has 20 heavy (non-hydrogen) atoms. The number of anilines is 1. The Kier molecular flexibility index (Phi) is 4.21. The van der Waals surface area contributed by atoms with Crippen LogP contribution in [0.5, 0.6) is 5.75 Å². The van der Waals surface area contributed by atoms with Gasteiger partial charge in [0.1, 0.15) is 17.9 Å². The lowest BCUT2D eigenvalue weighted by atomic mass is 10.00. The summed E-state index contributed by atoms with van der Waals surface area (Å²) in [6, 6.07) is 5.59. The number of fused-ring (bicyclic) bond motifs is 1. The van der Waals surface area contributed by atoms with Crippen molar-refractivity contribution < 1.29 is 14.6 Å². The number of benzene rings is 1. The van der Waals surface area contributed by atoms with E-state index < -0.39 is 12.0 Å². The van der Waals surface area contributed by atoms with Crippen LogP contribution in [-0.4, -0.2) is 29.8 Å². The van der Waals surface area contributed by atoms with Crippen molar-refractivity contribution in [3.63, 3.8) is 0 Å². The Morgan fingerprint density at radius 3 is 2.75 bits per heavy atom. The van der Waals surface area contributed by atoms with Gasteiger partial charge in [0.2, 0.25) is 0 Å². The van der Waals surface area contributed by atoms with Crippen molar-refractivity contribution in [2.75, 3.05) is 11.4 Å². The van der Waals surface area contributed by atoms with E-state index in [2.05, 4.69) is 26.0 Å². The van der Waals surface area contributed by atoms with Crippen molar-refractivity contribution in [2.45, 2.75) is 52.2 Å². The van der Waals surface area contributed by atoms with Crippen LogP contribution in [0.4, 0.5) is 5.69 Å². The molecule has 0 amide bonds. The maximum atomic E-state index is 11.5. The van der Waals surface area contributed by atoms with Crippen molar-refractivity contribution >= 4 is 11.7 Å². The molecule has 4 nitrogen and oxygen atoms in total. The number of nitrogens with zero attached hydrogens (tertiary/aromatic N) is 1. The van der Waals surface area contributed by atoms with Crippen LogP contribution in [0, 0.1) is 0 Å². The van der Waals surface area contributed by atoms with Crippen molar-refractivity contribution in [3.8, 4) is 5.75 Å². The largest absolute Gasteiger partial charge is 0.487 e. The normalized spacial score (nSPS) is 19.4. The second kappa shape index (κ2) is 5.73. The highest BCUT2D eigenvalue weighted by molar-refractivity contribution is 5.80. The first-order valence-electron chi connectivity index (χ1n) is 7.24. The van der Waals surface area contributed by atoms with Gasteiger partial charge in [-0.05, 0) is 37.0 Å². The average molecular weight is 277 g/mol. The fourth-order valence-electron chi connectivity index (χ4n) is 2.67. The fourth-order valence-corrected chi connectivity index (χ4v) is 2.67. The second-order valence-corrected chi connectivity index (χ2v) is 5.72. The third kappa shape index (κ3) is 2.74. The van der Waals surface area contributed by atoms with Crippen molar-refractivity contribution in [1.82, 2.24) is 0 Å². The predicted molar refractivity (Wildman–Crippen MR) is 79.7 cm³/mol. The summed E-state index contributed by atoms with van der Waals surface area (Å²) in [4.78, 5) is 13.5. The van der Waals surface area contributed by atoms with Crippen LogP contribution in [0.2, 0.25) is 0 Å². The zero-order chi connectivity index (χ0) is 14.9. The van der Waals surface area contributed by atoms with Gasteiger partial charge in [0, 0.05) is 0 Å². The molecule has 1 aliphatic heterocycles. The Morgan fingerprint density at radius 1 is 1.50 bits per heavy atom. The van der Waals surface area contributed by atoms with Gasteiger partial charge >= 0.3 is 5.97 Å². The predicted octanol–water partition coefficient (Wildman–Crippen LogP) is 3.26. The van der Waals surface area contributed by atoms with E-state index in [1.165, 1.54) is 5.56 Å². The quantitative estimate of drug-likeness (QED) is 0.917. The van der Waals surface area contributed by atoms with Gasteiger partial charge in [0.25, 0.3) is 0 Å². The fraction of sp³-hybridized carbons (Fsp3) is 0.562. The van der Waals surface area contributed by atoms with Crippen LogP contribution in [0.15, 0.2) is 18.2 Å². The molecule has 0 spiro atoms. The molecule has 0 saturated heterocycles. The van der Waals surface area contributed by atoms with Crippen LogP contribution in [0.3, 0.4) is 0 Å². The molecule has 110 valence electrons. The van der Waals surface area contributed by atoms with Crippen molar-refractivity contribution in [2.24, 2.45) is 0 Å². The molecule has 1 N–H and O–H groups in total. The number of hydrogen-bond donors (Lipinski definition) is 1. The lowest BCUT2D eigenvalue weighted by Gasteiger charge is -2.38. The number of carboxylic acid groups (broad SMARTS) is 1. The average Bonchev–Trinajstić information content (AvgIpc) is 2.38. The molecule has 0 aliphatic carbocycles. The molecule has 1 aromatic carbocycles. The van der Waals surface area contributed by atoms with Crippen LogP contribution in [0.25, 0.3) is 0 Å². The molecule has 2 unspecified atom stereocenters. The molecular weight excluding hydrogens is 254 g/mol. The van der Waals surface area contributed by atoms with Gasteiger partial charge in [-0.2, -0.15) is 0 Å². The van der Waals surface area contributed by atoms with E-state index in [0.717, 1.165) is 11.4 Å². The van der Waals surface area contributed by atoms with E-state index in [1.54, 1.807) is 0 Å². The minimum absolute atomic E-state index is 0.000741. The van der Waals surface area contributed by atoms with Crippen LogP contribution < -0.4 is 9.64 Å². The van der Waals surface area contributed by atoms with Gasteiger partial charge in [-0.15, -0.1) is 0 Å². The standard InChI is InChI=1S/C16H23NO3/c1-5-13(16(18)19)17-9-11(4)20-15-7-6-12(10(2)3)8-14(15)17/h6-8,10-11,13H,5,9H2,1-4H3,(H,18,19). The summed E-state index contributed by atoms with van der Waals surface area (Å²) < 4.78 is 5.84. The molecular formula is C16H23NO3. The van der Waals surface area contributed by atoms with Crippen LogP contribution in [0.1, 0.15) is 45.6 Å². The molecule has 4 heteroatoms. The Bertz CT molecular complexity index is 498. The van der Waals surface area contributed by atoms with Gasteiger partial charge in [0.15, 0.2) is 0 Å². The summed E-state index contributed by atoms with van der Waals surface area (Å²) >= 11 is 0. The number of carbonyl (C=O) groups is 1. The third-order valence-corrected chi connectivity index (χ3v) is 3.79. The van der Waals surface area contributed by atoms with Crippen molar-refractivity contribution in [1.29, 1.82) is 0 Å². The number of ether oxygens (including phenoxy) is 1. The van der Waals surface area contributed by atoms with E-state index in [-0.39, 0.29) is 6.10 Å². The zero-order valence-electron chi connectivity index (χ0n) is 12.6. The highest BCUT2D eigenvalue weighted by Crippen LogP contribution is 2.37. The molecule has 0 aromatic heterocycles. The molecule has 1 aliphatic rings. The van der Waals surface area contributed by atoms with Crippen LogP contribution >= 0.6 is 0 Å². The monoisotopic (exact) mass is 277 g/mol. The van der Waals surface area contributed by atoms with E-state index in [0.29, 0.717) is 18.9 Å². The first-order chi connectivity index (χ1) is 9.43. The summed E-state index contributed by atoms with van der Waals surface area (Å²) in [6.07, 6.45) is 0.578. The van der Waals surface area contributed by atoms with Gasteiger partial charge in [0.05, 0.1) is 12.2 Å². The molecule has 1 heterocycles. The van der Waals surface area contributed by atoms with Gasteiger partial charge in [-0.25, -0.2) is 4.79 Å². The first kappa shape index (κ1) is 14.7. The third-order valence-electron chi connectivity index (χ3n) is 3.79. The Morgan fingerprint density at radius 2 is 2.20 bits per heavy atom. The maximum absolute atomic E-state index is 11.5. The highest BCUT2D eigenvalue weighted by atomic mass is 16.5. The molecule has 0 bridgehead atoms. The Hall–Kier alpha value is -1.71. The SMILES string of the molecule is CCC(C(=O)O)N1CC(C)Oc2ccc(C(C)C)cc21. The lowest BCUT2D eigenvalue weighted by molar-refractivity contribution is -0.138. The molecule has 2 rings (SSSR count). The Labute approximate surface area is 120 Å². The van der Waals surface area contributed by atoms with E-state index in [4.69, 9.17) is 4.74 Å². The number of carboxylic acids is 1. The summed E-state index contributed by atoms with van der Waals surface area (Å²) in [7, 11) is 0. The number of rotatable bonds is 4. The van der Waals surface area contributed by atoms with Gasteiger partial charge in [-0.1, -0.05) is 26.8 Å². The summed E-state index contributed by atoms with van der Waals surface area (Å²) in [5.74, 6) is 0.418. The molecule has 1 aromatic rings. The van der Waals surface area contributed by atoms with Crippen molar-refractivity contribution in [3.05, 3.63) is 23.8 Å². The van der Waals surface area contributed by atoms with E-state index >= 15 is 0 Å². The van der Waals surface area contributed by atoms with E-state index in [9.17, 15) is 9.90 Å². The topological polar surface area (TPSA) is 49.8 Å². The molecule has 0 saturated carbocycles. The maximum Gasteiger partial charge on any atom is 0.326 e.